The van der Waals surface area contributed by atoms with Crippen molar-refractivity contribution < 1.29 is 14.3 Å². The van der Waals surface area contributed by atoms with Crippen LogP contribution < -0.4 is 14.8 Å². The van der Waals surface area contributed by atoms with Crippen molar-refractivity contribution in [2.24, 2.45) is 0 Å². The molecule has 0 saturated carbocycles. The van der Waals surface area contributed by atoms with Crippen molar-refractivity contribution in [1.29, 1.82) is 0 Å². The minimum atomic E-state index is -0.126. The van der Waals surface area contributed by atoms with Crippen LogP contribution in [0.4, 0.5) is 0 Å². The Bertz CT molecular complexity index is 767. The van der Waals surface area contributed by atoms with Crippen LogP contribution in [0.25, 0.3) is 6.08 Å². The maximum Gasteiger partial charge on any atom is 0.244 e. The number of amides is 1. The van der Waals surface area contributed by atoms with Gasteiger partial charge in [0.15, 0.2) is 11.5 Å². The molecule has 2 aromatic rings. The molecule has 1 unspecified atom stereocenters. The van der Waals surface area contributed by atoms with E-state index in [1.54, 1.807) is 6.08 Å². The maximum absolute atomic E-state index is 12.1. The number of hydrogen-bond donors (Lipinski definition) is 1. The lowest BCUT2D eigenvalue weighted by atomic mass is 10.1. The molecule has 0 radical (unpaired) electrons. The van der Waals surface area contributed by atoms with Crippen molar-refractivity contribution in [2.75, 3.05) is 13.2 Å². The largest absolute Gasteiger partial charge is 0.486 e. The monoisotopic (exact) mass is 323 g/mol. The maximum atomic E-state index is 12.1. The van der Waals surface area contributed by atoms with Crippen LogP contribution >= 0.6 is 0 Å². The predicted octanol–water partition coefficient (Wildman–Crippen LogP) is 3.66. The summed E-state index contributed by atoms with van der Waals surface area (Å²) in [5.41, 5.74) is 3.16. The van der Waals surface area contributed by atoms with Gasteiger partial charge in [-0.25, -0.2) is 0 Å². The topological polar surface area (TPSA) is 47.6 Å². The van der Waals surface area contributed by atoms with Gasteiger partial charge in [0.05, 0.1) is 6.04 Å². The summed E-state index contributed by atoms with van der Waals surface area (Å²) < 4.78 is 11.1. The number of benzene rings is 2. The number of aryl methyl sites for hydroxylation is 1. The third kappa shape index (κ3) is 3.96. The Morgan fingerprint density at radius 3 is 2.71 bits per heavy atom. The van der Waals surface area contributed by atoms with Crippen LogP contribution in [-0.4, -0.2) is 19.1 Å². The van der Waals surface area contributed by atoms with Crippen molar-refractivity contribution in [3.05, 3.63) is 65.2 Å². The third-order valence-electron chi connectivity index (χ3n) is 3.89. The smallest absolute Gasteiger partial charge is 0.244 e. The molecule has 0 aliphatic carbocycles. The highest BCUT2D eigenvalue weighted by Crippen LogP contribution is 2.32. The number of hydrogen-bond acceptors (Lipinski definition) is 3. The fraction of sp³-hybridized carbons (Fsp3) is 0.250. The summed E-state index contributed by atoms with van der Waals surface area (Å²) >= 11 is 0. The Kier molecular flexibility index (Phi) is 4.85. The van der Waals surface area contributed by atoms with Gasteiger partial charge in [-0.3, -0.25) is 4.79 Å². The van der Waals surface area contributed by atoms with Crippen LogP contribution in [0, 0.1) is 6.92 Å². The van der Waals surface area contributed by atoms with E-state index in [2.05, 4.69) is 5.32 Å². The molecule has 0 spiro atoms. The number of nitrogens with one attached hydrogen (secondary N) is 1. The van der Waals surface area contributed by atoms with Crippen LogP contribution in [0.3, 0.4) is 0 Å². The van der Waals surface area contributed by atoms with Gasteiger partial charge in [0, 0.05) is 6.08 Å². The SMILES string of the molecule is Cc1cccc(/C=C/C(=O)NC(C)c2ccc3c(c2)OCCO3)c1. The van der Waals surface area contributed by atoms with E-state index in [0.717, 1.165) is 22.6 Å². The molecule has 4 nitrogen and oxygen atoms in total. The summed E-state index contributed by atoms with van der Waals surface area (Å²) in [4.78, 5) is 12.1. The van der Waals surface area contributed by atoms with Crippen molar-refractivity contribution in [1.82, 2.24) is 5.32 Å². The van der Waals surface area contributed by atoms with Crippen LogP contribution in [0.1, 0.15) is 29.7 Å². The molecule has 0 aromatic heterocycles. The van der Waals surface area contributed by atoms with Gasteiger partial charge in [0.1, 0.15) is 13.2 Å². The molecule has 1 atom stereocenters. The lowest BCUT2D eigenvalue weighted by Crippen LogP contribution is -2.25. The summed E-state index contributed by atoms with van der Waals surface area (Å²) in [6, 6.07) is 13.7. The van der Waals surface area contributed by atoms with E-state index >= 15 is 0 Å². The van der Waals surface area contributed by atoms with Gasteiger partial charge in [-0.2, -0.15) is 0 Å². The Labute approximate surface area is 142 Å². The van der Waals surface area contributed by atoms with Crippen LogP contribution in [0.15, 0.2) is 48.5 Å². The third-order valence-corrected chi connectivity index (χ3v) is 3.89. The highest BCUT2D eigenvalue weighted by molar-refractivity contribution is 5.92. The number of ether oxygens (including phenoxy) is 2. The second-order valence-electron chi connectivity index (χ2n) is 5.88. The molecule has 0 bridgehead atoms. The first-order valence-electron chi connectivity index (χ1n) is 8.06. The van der Waals surface area contributed by atoms with Crippen molar-refractivity contribution in [2.45, 2.75) is 19.9 Å². The summed E-state index contributed by atoms with van der Waals surface area (Å²) in [5.74, 6) is 1.36. The molecule has 4 heteroatoms. The first kappa shape index (κ1) is 16.1. The van der Waals surface area contributed by atoms with E-state index in [9.17, 15) is 4.79 Å². The molecule has 3 rings (SSSR count). The molecule has 1 N–H and O–H groups in total. The fourth-order valence-electron chi connectivity index (χ4n) is 2.62. The van der Waals surface area contributed by atoms with Crippen LogP contribution in [-0.2, 0) is 4.79 Å². The predicted molar refractivity (Wildman–Crippen MR) is 94.2 cm³/mol. The average molecular weight is 323 g/mol. The Balaban J connectivity index is 1.63. The van der Waals surface area contributed by atoms with Crippen molar-refractivity contribution in [3.63, 3.8) is 0 Å². The van der Waals surface area contributed by atoms with Crippen LogP contribution in [0.5, 0.6) is 11.5 Å². The molecule has 1 aliphatic heterocycles. The van der Waals surface area contributed by atoms with Crippen molar-refractivity contribution >= 4 is 12.0 Å². The Morgan fingerprint density at radius 1 is 1.12 bits per heavy atom. The summed E-state index contributed by atoms with van der Waals surface area (Å²) in [6.07, 6.45) is 3.38. The van der Waals surface area contributed by atoms with Gasteiger partial charge in [0.2, 0.25) is 5.91 Å². The molecule has 2 aromatic carbocycles. The number of carbonyl (C=O) groups is 1. The minimum Gasteiger partial charge on any atom is -0.486 e. The van der Waals surface area contributed by atoms with Gasteiger partial charge >= 0.3 is 0 Å². The van der Waals surface area contributed by atoms with Gasteiger partial charge in [-0.1, -0.05) is 35.9 Å². The fourth-order valence-corrected chi connectivity index (χ4v) is 2.62. The second-order valence-corrected chi connectivity index (χ2v) is 5.88. The summed E-state index contributed by atoms with van der Waals surface area (Å²) in [6.45, 7) is 5.10. The first-order chi connectivity index (χ1) is 11.6. The number of fused-ring (bicyclic) bond motifs is 1. The van der Waals surface area contributed by atoms with E-state index in [4.69, 9.17) is 9.47 Å². The van der Waals surface area contributed by atoms with Gasteiger partial charge < -0.3 is 14.8 Å². The summed E-state index contributed by atoms with van der Waals surface area (Å²) in [5, 5.41) is 2.97. The quantitative estimate of drug-likeness (QED) is 0.874. The first-order valence-corrected chi connectivity index (χ1v) is 8.06. The molecule has 24 heavy (non-hydrogen) atoms. The minimum absolute atomic E-state index is 0.115. The van der Waals surface area contributed by atoms with E-state index < -0.39 is 0 Å². The standard InChI is InChI=1S/C20H21NO3/c1-14-4-3-5-16(12-14)6-9-20(22)21-15(2)17-7-8-18-19(13-17)24-11-10-23-18/h3-9,12-13,15H,10-11H2,1-2H3,(H,21,22)/b9-6+. The van der Waals surface area contributed by atoms with E-state index in [-0.39, 0.29) is 11.9 Å². The molecule has 124 valence electrons. The number of carbonyl (C=O) groups excluding carboxylic acids is 1. The van der Waals surface area contributed by atoms with E-state index in [1.165, 1.54) is 5.56 Å². The zero-order valence-electron chi connectivity index (χ0n) is 13.9. The number of rotatable bonds is 4. The van der Waals surface area contributed by atoms with E-state index in [0.29, 0.717) is 13.2 Å². The normalized spacial score (nSPS) is 14.4. The zero-order valence-corrected chi connectivity index (χ0v) is 13.9. The van der Waals surface area contributed by atoms with E-state index in [1.807, 2.05) is 62.4 Å². The van der Waals surface area contributed by atoms with Gasteiger partial charge in [-0.15, -0.1) is 0 Å². The second kappa shape index (κ2) is 7.21. The van der Waals surface area contributed by atoms with Gasteiger partial charge in [-0.05, 0) is 43.2 Å². The molecule has 1 amide bonds. The lowest BCUT2D eigenvalue weighted by molar-refractivity contribution is -0.117. The average Bonchev–Trinajstić information content (AvgIpc) is 2.59. The van der Waals surface area contributed by atoms with Gasteiger partial charge in [0.25, 0.3) is 0 Å². The lowest BCUT2D eigenvalue weighted by Gasteiger charge is -2.20. The Morgan fingerprint density at radius 2 is 1.92 bits per heavy atom. The van der Waals surface area contributed by atoms with Crippen LogP contribution in [0.2, 0.25) is 0 Å². The highest BCUT2D eigenvalue weighted by atomic mass is 16.6. The molecule has 1 heterocycles. The molecular weight excluding hydrogens is 302 g/mol. The molecule has 0 saturated heterocycles. The Hall–Kier alpha value is -2.75. The molecule has 0 fully saturated rings. The molecular formula is C20H21NO3. The summed E-state index contributed by atoms with van der Waals surface area (Å²) in [7, 11) is 0. The molecule has 1 aliphatic rings. The zero-order chi connectivity index (χ0) is 16.9. The highest BCUT2D eigenvalue weighted by Gasteiger charge is 2.15. The van der Waals surface area contributed by atoms with Crippen molar-refractivity contribution in [3.8, 4) is 11.5 Å².